The van der Waals surface area contributed by atoms with Gasteiger partial charge in [0.2, 0.25) is 0 Å². The number of hydrogen-bond donors (Lipinski definition) is 2. The molecule has 4 atom stereocenters. The highest BCUT2D eigenvalue weighted by molar-refractivity contribution is 6.08. The van der Waals surface area contributed by atoms with Crippen LogP contribution in [0.15, 0.2) is 0 Å². The summed E-state index contributed by atoms with van der Waals surface area (Å²) in [6.45, 7) is 8.92. The average molecular weight is 396 g/mol. The fraction of sp³-hybridized carbons (Fsp3) is 0.800. The second kappa shape index (κ2) is 8.92. The number of carbonyl (C=O) groups excluding carboxylic acids is 4. The largest absolute Gasteiger partial charge is 0.451 e. The van der Waals surface area contributed by atoms with Gasteiger partial charge in [-0.25, -0.2) is 4.79 Å². The van der Waals surface area contributed by atoms with Gasteiger partial charge in [-0.3, -0.25) is 19.3 Å². The first-order chi connectivity index (χ1) is 13.1. The number of nitrogens with zero attached hydrogens (tertiary/aromatic N) is 1. The first kappa shape index (κ1) is 22.2. The lowest BCUT2D eigenvalue weighted by atomic mass is 9.78. The number of carbonyl (C=O) groups is 4. The molecule has 8 heteroatoms. The van der Waals surface area contributed by atoms with Crippen LogP contribution in [0.25, 0.3) is 0 Å². The smallest absolute Gasteiger partial charge is 0.327 e. The van der Waals surface area contributed by atoms with Crippen LogP contribution in [0.1, 0.15) is 66.7 Å². The second-order valence-electron chi connectivity index (χ2n) is 8.13. The van der Waals surface area contributed by atoms with E-state index in [0.717, 1.165) is 24.2 Å². The quantitative estimate of drug-likeness (QED) is 0.506. The third kappa shape index (κ3) is 4.47. The zero-order chi connectivity index (χ0) is 21.1. The van der Waals surface area contributed by atoms with Crippen LogP contribution in [0.3, 0.4) is 0 Å². The zero-order valence-corrected chi connectivity index (χ0v) is 17.5. The molecule has 0 aromatic carbocycles. The van der Waals surface area contributed by atoms with Crippen LogP contribution < -0.4 is 10.6 Å². The van der Waals surface area contributed by atoms with Gasteiger partial charge < -0.3 is 15.4 Å². The van der Waals surface area contributed by atoms with Crippen LogP contribution in [-0.4, -0.2) is 52.9 Å². The first-order valence-electron chi connectivity index (χ1n) is 10.3. The highest BCUT2D eigenvalue weighted by Crippen LogP contribution is 2.29. The van der Waals surface area contributed by atoms with Gasteiger partial charge in [0.25, 0.3) is 11.8 Å². The van der Waals surface area contributed by atoms with Crippen molar-refractivity contribution in [1.82, 2.24) is 15.5 Å². The Morgan fingerprint density at radius 3 is 2.46 bits per heavy atom. The van der Waals surface area contributed by atoms with Gasteiger partial charge in [-0.2, -0.15) is 0 Å². The van der Waals surface area contributed by atoms with Crippen molar-refractivity contribution in [2.24, 2.45) is 11.8 Å². The summed E-state index contributed by atoms with van der Waals surface area (Å²) in [7, 11) is 0. The molecule has 8 nitrogen and oxygen atoms in total. The van der Waals surface area contributed by atoms with Crippen LogP contribution in [-0.2, 0) is 19.1 Å². The third-order valence-electron chi connectivity index (χ3n) is 6.45. The van der Waals surface area contributed by atoms with Crippen molar-refractivity contribution in [2.45, 2.75) is 84.4 Å². The van der Waals surface area contributed by atoms with E-state index in [1.807, 2.05) is 13.8 Å². The topological polar surface area (TPSA) is 105 Å². The number of esters is 1. The number of ether oxygens (including phenoxy) is 1. The second-order valence-corrected chi connectivity index (χ2v) is 8.13. The normalized spacial score (nSPS) is 27.9. The molecule has 2 N–H and O–H groups in total. The SMILES string of the molecule is CCC1(CC)NC(=O)N(CC(=O)O[C@@H](C)C(=O)N[C@H]2CCC[C@H](C)[C@@H]2C)C1=O. The Kier molecular flexibility index (Phi) is 7.06. The van der Waals surface area contributed by atoms with E-state index in [4.69, 9.17) is 4.74 Å². The summed E-state index contributed by atoms with van der Waals surface area (Å²) in [5.41, 5.74) is -0.964. The van der Waals surface area contributed by atoms with Gasteiger partial charge in [-0.15, -0.1) is 0 Å². The minimum absolute atomic E-state index is 0.0677. The Bertz CT molecular complexity index is 631. The van der Waals surface area contributed by atoms with Crippen LogP contribution in [0.2, 0.25) is 0 Å². The van der Waals surface area contributed by atoms with Gasteiger partial charge >= 0.3 is 12.0 Å². The van der Waals surface area contributed by atoms with E-state index in [9.17, 15) is 19.2 Å². The fourth-order valence-electron chi connectivity index (χ4n) is 4.05. The van der Waals surface area contributed by atoms with E-state index >= 15 is 0 Å². The molecule has 0 unspecified atom stereocenters. The number of rotatable bonds is 7. The molecule has 1 saturated carbocycles. The van der Waals surface area contributed by atoms with Crippen molar-refractivity contribution in [3.63, 3.8) is 0 Å². The lowest BCUT2D eigenvalue weighted by molar-refractivity contribution is -0.157. The number of imide groups is 1. The predicted octanol–water partition coefficient (Wildman–Crippen LogP) is 1.97. The van der Waals surface area contributed by atoms with Crippen molar-refractivity contribution < 1.29 is 23.9 Å². The van der Waals surface area contributed by atoms with Crippen LogP contribution in [0, 0.1) is 11.8 Å². The minimum Gasteiger partial charge on any atom is -0.451 e. The van der Waals surface area contributed by atoms with Gasteiger partial charge in [0.05, 0.1) is 0 Å². The molecule has 0 spiro atoms. The number of nitrogens with one attached hydrogen (secondary N) is 2. The van der Waals surface area contributed by atoms with Gasteiger partial charge in [0.1, 0.15) is 12.1 Å². The van der Waals surface area contributed by atoms with E-state index in [1.165, 1.54) is 6.92 Å². The average Bonchev–Trinajstić information content (AvgIpc) is 2.89. The summed E-state index contributed by atoms with van der Waals surface area (Å²) in [6, 6.07) is -0.536. The summed E-state index contributed by atoms with van der Waals surface area (Å²) >= 11 is 0. The van der Waals surface area contributed by atoms with Gasteiger partial charge in [-0.05, 0) is 38.0 Å². The number of amides is 4. The van der Waals surface area contributed by atoms with Gasteiger partial charge in [0, 0.05) is 6.04 Å². The molecule has 1 heterocycles. The molecular formula is C20H33N3O5. The maximum atomic E-state index is 12.5. The molecule has 158 valence electrons. The lowest BCUT2D eigenvalue weighted by Gasteiger charge is -2.35. The molecule has 4 amide bonds. The Hall–Kier alpha value is -2.12. The monoisotopic (exact) mass is 395 g/mol. The third-order valence-corrected chi connectivity index (χ3v) is 6.45. The first-order valence-corrected chi connectivity index (χ1v) is 10.3. The van der Waals surface area contributed by atoms with Crippen molar-refractivity contribution in [3.05, 3.63) is 0 Å². The maximum Gasteiger partial charge on any atom is 0.327 e. The van der Waals surface area contributed by atoms with Gasteiger partial charge in [0.15, 0.2) is 6.10 Å². The molecule has 1 aliphatic heterocycles. The Labute approximate surface area is 166 Å². The van der Waals surface area contributed by atoms with Crippen molar-refractivity contribution >= 4 is 23.8 Å². The Morgan fingerprint density at radius 2 is 1.89 bits per heavy atom. The zero-order valence-electron chi connectivity index (χ0n) is 17.5. The van der Waals surface area contributed by atoms with E-state index in [-0.39, 0.29) is 11.9 Å². The van der Waals surface area contributed by atoms with E-state index in [2.05, 4.69) is 24.5 Å². The highest BCUT2D eigenvalue weighted by Gasteiger charge is 2.49. The molecule has 2 aliphatic rings. The van der Waals surface area contributed by atoms with Crippen LogP contribution >= 0.6 is 0 Å². The van der Waals surface area contributed by atoms with Crippen LogP contribution in [0.4, 0.5) is 4.79 Å². The maximum absolute atomic E-state index is 12.5. The summed E-state index contributed by atoms with van der Waals surface area (Å²) in [5, 5.41) is 5.63. The molecule has 0 bridgehead atoms. The molecule has 28 heavy (non-hydrogen) atoms. The Morgan fingerprint density at radius 1 is 1.25 bits per heavy atom. The Balaban J connectivity index is 1.89. The molecule has 0 radical (unpaired) electrons. The molecule has 0 aromatic rings. The van der Waals surface area contributed by atoms with Crippen molar-refractivity contribution in [3.8, 4) is 0 Å². The van der Waals surface area contributed by atoms with E-state index < -0.39 is 36.1 Å². The predicted molar refractivity (Wildman–Crippen MR) is 103 cm³/mol. The highest BCUT2D eigenvalue weighted by atomic mass is 16.5. The van der Waals surface area contributed by atoms with E-state index in [0.29, 0.717) is 24.7 Å². The molecule has 1 aliphatic carbocycles. The van der Waals surface area contributed by atoms with Crippen molar-refractivity contribution in [2.75, 3.05) is 6.54 Å². The van der Waals surface area contributed by atoms with Gasteiger partial charge in [-0.1, -0.05) is 40.5 Å². The lowest BCUT2D eigenvalue weighted by Crippen LogP contribution is -2.48. The summed E-state index contributed by atoms with van der Waals surface area (Å²) in [6.07, 6.45) is 3.03. The van der Waals surface area contributed by atoms with E-state index in [1.54, 1.807) is 0 Å². The number of urea groups is 1. The van der Waals surface area contributed by atoms with Crippen molar-refractivity contribution in [1.29, 1.82) is 0 Å². The number of hydrogen-bond acceptors (Lipinski definition) is 5. The summed E-state index contributed by atoms with van der Waals surface area (Å²) in [4.78, 5) is 50.2. The summed E-state index contributed by atoms with van der Waals surface area (Å²) < 4.78 is 5.18. The summed E-state index contributed by atoms with van der Waals surface area (Å²) in [5.74, 6) is -0.662. The fourth-order valence-corrected chi connectivity index (χ4v) is 4.05. The molecule has 2 rings (SSSR count). The standard InChI is InChI=1S/C20H33N3O5/c1-6-20(7-2)18(26)23(19(27)22-20)11-16(24)28-14(5)17(25)21-15-10-8-9-12(3)13(15)4/h12-15H,6-11H2,1-5H3,(H,21,25)(H,22,27)/t12-,13-,14-,15-/m0/s1. The molecular weight excluding hydrogens is 362 g/mol. The molecule has 2 fully saturated rings. The molecule has 1 saturated heterocycles. The van der Waals surface area contributed by atoms with Crippen LogP contribution in [0.5, 0.6) is 0 Å². The minimum atomic E-state index is -0.986. The molecule has 0 aromatic heterocycles.